The first-order chi connectivity index (χ1) is 8.26. The highest BCUT2D eigenvalue weighted by molar-refractivity contribution is 7.99. The highest BCUT2D eigenvalue weighted by Gasteiger charge is 2.27. The molecule has 0 aliphatic heterocycles. The van der Waals surface area contributed by atoms with Crippen LogP contribution in [0.2, 0.25) is 0 Å². The maximum atomic E-state index is 11.8. The third-order valence-electron chi connectivity index (χ3n) is 1.78. The highest BCUT2D eigenvalue weighted by Crippen LogP contribution is 2.15. The van der Waals surface area contributed by atoms with E-state index in [1.807, 2.05) is 0 Å². The predicted octanol–water partition coefficient (Wildman–Crippen LogP) is 1.86. The Morgan fingerprint density at radius 3 is 2.39 bits per heavy atom. The van der Waals surface area contributed by atoms with Gasteiger partial charge in [0.2, 0.25) is 5.91 Å². The Morgan fingerprint density at radius 2 is 1.89 bits per heavy atom. The number of nitrogens with one attached hydrogen (secondary N) is 1. The van der Waals surface area contributed by atoms with E-state index in [-0.39, 0.29) is 5.75 Å². The van der Waals surface area contributed by atoms with Gasteiger partial charge in [0.05, 0.1) is 5.75 Å². The molecule has 1 aromatic rings. The molecule has 0 spiro atoms. The molecule has 0 fully saturated rings. The molecule has 0 radical (unpaired) electrons. The zero-order valence-electron chi connectivity index (χ0n) is 9.84. The van der Waals surface area contributed by atoms with E-state index in [9.17, 15) is 18.0 Å². The lowest BCUT2D eigenvalue weighted by atomic mass is 10.4. The Morgan fingerprint density at radius 1 is 1.33 bits per heavy atom. The zero-order valence-corrected chi connectivity index (χ0v) is 10.7. The van der Waals surface area contributed by atoms with Gasteiger partial charge in [0.25, 0.3) is 0 Å². The second-order valence-corrected chi connectivity index (χ2v) is 4.56. The minimum absolute atomic E-state index is 0.140. The number of amides is 1. The van der Waals surface area contributed by atoms with Crippen LogP contribution >= 0.6 is 11.8 Å². The summed E-state index contributed by atoms with van der Waals surface area (Å²) in [7, 11) is 0. The summed E-state index contributed by atoms with van der Waals surface area (Å²) in [5.74, 6) is -0.834. The number of halogens is 3. The number of thioether (sulfide) groups is 1. The number of hydrogen-bond acceptors (Lipinski definition) is 4. The van der Waals surface area contributed by atoms with Gasteiger partial charge in [-0.25, -0.2) is 9.97 Å². The summed E-state index contributed by atoms with van der Waals surface area (Å²) in [6.45, 7) is 2.24. The molecule has 0 saturated carbocycles. The van der Waals surface area contributed by atoms with Crippen LogP contribution < -0.4 is 5.32 Å². The van der Waals surface area contributed by atoms with Gasteiger partial charge in [0.1, 0.15) is 6.54 Å². The van der Waals surface area contributed by atoms with Crippen LogP contribution in [-0.4, -0.2) is 34.3 Å². The van der Waals surface area contributed by atoms with E-state index in [4.69, 9.17) is 0 Å². The average molecular weight is 279 g/mol. The van der Waals surface area contributed by atoms with Gasteiger partial charge in [0.15, 0.2) is 5.16 Å². The molecule has 0 saturated heterocycles. The van der Waals surface area contributed by atoms with E-state index in [0.29, 0.717) is 5.16 Å². The molecule has 18 heavy (non-hydrogen) atoms. The number of hydrogen-bond donors (Lipinski definition) is 1. The van der Waals surface area contributed by atoms with Gasteiger partial charge >= 0.3 is 6.18 Å². The van der Waals surface area contributed by atoms with E-state index in [1.54, 1.807) is 25.2 Å². The molecule has 0 aliphatic rings. The Hall–Kier alpha value is -1.31. The topological polar surface area (TPSA) is 54.9 Å². The van der Waals surface area contributed by atoms with Crippen molar-refractivity contribution >= 4 is 17.7 Å². The quantitative estimate of drug-likeness (QED) is 0.675. The van der Waals surface area contributed by atoms with Crippen molar-refractivity contribution in [3.8, 4) is 0 Å². The molecule has 1 rings (SSSR count). The molecule has 0 aliphatic carbocycles. The summed E-state index contributed by atoms with van der Waals surface area (Å²) in [6.07, 6.45) is -4.39. The summed E-state index contributed by atoms with van der Waals surface area (Å²) < 4.78 is 35.5. The van der Waals surface area contributed by atoms with Crippen molar-refractivity contribution in [2.24, 2.45) is 0 Å². The normalized spacial score (nSPS) is 11.4. The molecule has 4 nitrogen and oxygen atoms in total. The van der Waals surface area contributed by atoms with Crippen LogP contribution in [-0.2, 0) is 4.79 Å². The van der Waals surface area contributed by atoms with E-state index < -0.39 is 18.6 Å². The summed E-state index contributed by atoms with van der Waals surface area (Å²) >= 11 is 1.01. The van der Waals surface area contributed by atoms with Crippen molar-refractivity contribution in [3.63, 3.8) is 0 Å². The lowest BCUT2D eigenvalue weighted by molar-refractivity contribution is -0.136. The number of aromatic nitrogens is 2. The number of carbonyl (C=O) groups is 1. The number of aryl methyl sites for hydroxylation is 2. The van der Waals surface area contributed by atoms with E-state index in [0.717, 1.165) is 23.1 Å². The van der Waals surface area contributed by atoms with Crippen molar-refractivity contribution in [1.82, 2.24) is 15.3 Å². The Kier molecular flexibility index (Phi) is 4.94. The van der Waals surface area contributed by atoms with Gasteiger partial charge in [-0.15, -0.1) is 0 Å². The minimum Gasteiger partial charge on any atom is -0.346 e. The lowest BCUT2D eigenvalue weighted by Gasteiger charge is -2.07. The monoisotopic (exact) mass is 279 g/mol. The lowest BCUT2D eigenvalue weighted by Crippen LogP contribution is -2.34. The Balaban J connectivity index is 2.43. The van der Waals surface area contributed by atoms with Crippen molar-refractivity contribution in [2.75, 3.05) is 12.3 Å². The molecular formula is C10H12F3N3OS. The van der Waals surface area contributed by atoms with Crippen LogP contribution in [0.1, 0.15) is 11.4 Å². The molecule has 0 bridgehead atoms. The summed E-state index contributed by atoms with van der Waals surface area (Å²) in [5.41, 5.74) is 1.50. The van der Waals surface area contributed by atoms with Crippen LogP contribution in [0.4, 0.5) is 13.2 Å². The molecule has 0 atom stereocenters. The van der Waals surface area contributed by atoms with Crippen LogP contribution in [0.15, 0.2) is 11.2 Å². The first-order valence-electron chi connectivity index (χ1n) is 5.05. The van der Waals surface area contributed by atoms with Gasteiger partial charge in [0, 0.05) is 11.4 Å². The van der Waals surface area contributed by atoms with Gasteiger partial charge < -0.3 is 5.32 Å². The third kappa shape index (κ3) is 5.85. The number of nitrogens with zero attached hydrogens (tertiary/aromatic N) is 2. The maximum absolute atomic E-state index is 11.8. The summed E-state index contributed by atoms with van der Waals surface area (Å²) in [5, 5.41) is 2.17. The standard InChI is InChI=1S/C10H12F3N3OS/c1-6-3-7(2)16-9(15-6)18-4-8(17)14-5-10(11,12)13/h3H,4-5H2,1-2H3,(H,14,17). The summed E-state index contributed by atoms with van der Waals surface area (Å²) in [6, 6.07) is 1.77. The van der Waals surface area contributed by atoms with Crippen LogP contribution in [0.25, 0.3) is 0 Å². The maximum Gasteiger partial charge on any atom is 0.405 e. The van der Waals surface area contributed by atoms with Crippen LogP contribution in [0.3, 0.4) is 0 Å². The van der Waals surface area contributed by atoms with Crippen LogP contribution in [0.5, 0.6) is 0 Å². The van der Waals surface area contributed by atoms with E-state index >= 15 is 0 Å². The van der Waals surface area contributed by atoms with Gasteiger partial charge in [-0.1, -0.05) is 11.8 Å². The van der Waals surface area contributed by atoms with Gasteiger partial charge in [-0.3, -0.25) is 4.79 Å². The molecule has 1 aromatic heterocycles. The van der Waals surface area contributed by atoms with Crippen molar-refractivity contribution in [1.29, 1.82) is 0 Å². The first-order valence-corrected chi connectivity index (χ1v) is 6.03. The van der Waals surface area contributed by atoms with E-state index in [2.05, 4.69) is 9.97 Å². The molecule has 0 aromatic carbocycles. The first kappa shape index (κ1) is 14.7. The molecule has 100 valence electrons. The molecule has 0 unspecified atom stereocenters. The SMILES string of the molecule is Cc1cc(C)nc(SCC(=O)NCC(F)(F)F)n1. The van der Waals surface area contributed by atoms with E-state index in [1.165, 1.54) is 0 Å². The average Bonchev–Trinajstić information content (AvgIpc) is 2.21. The van der Waals surface area contributed by atoms with Crippen molar-refractivity contribution < 1.29 is 18.0 Å². The minimum atomic E-state index is -4.39. The number of alkyl halides is 3. The van der Waals surface area contributed by atoms with Gasteiger partial charge in [-0.05, 0) is 19.9 Å². The molecule has 1 N–H and O–H groups in total. The largest absolute Gasteiger partial charge is 0.405 e. The summed E-state index contributed by atoms with van der Waals surface area (Å²) in [4.78, 5) is 19.3. The third-order valence-corrected chi connectivity index (χ3v) is 2.63. The molecule has 8 heteroatoms. The fourth-order valence-electron chi connectivity index (χ4n) is 1.14. The second-order valence-electron chi connectivity index (χ2n) is 3.61. The highest BCUT2D eigenvalue weighted by atomic mass is 32.2. The fourth-order valence-corrected chi connectivity index (χ4v) is 1.92. The number of carbonyl (C=O) groups excluding carboxylic acids is 1. The second kappa shape index (κ2) is 6.03. The molecule has 1 heterocycles. The van der Waals surface area contributed by atoms with Crippen molar-refractivity contribution in [3.05, 3.63) is 17.5 Å². The van der Waals surface area contributed by atoms with Gasteiger partial charge in [-0.2, -0.15) is 13.2 Å². The Bertz CT molecular complexity index is 417. The predicted molar refractivity (Wildman–Crippen MR) is 61.3 cm³/mol. The molecular weight excluding hydrogens is 267 g/mol. The molecule has 1 amide bonds. The van der Waals surface area contributed by atoms with Crippen molar-refractivity contribution in [2.45, 2.75) is 25.2 Å². The smallest absolute Gasteiger partial charge is 0.346 e. The zero-order chi connectivity index (χ0) is 13.8. The van der Waals surface area contributed by atoms with Crippen LogP contribution in [0, 0.1) is 13.8 Å². The number of rotatable bonds is 4. The fraction of sp³-hybridized carbons (Fsp3) is 0.500. The Labute approximate surface area is 106 Å².